The van der Waals surface area contributed by atoms with Crippen LogP contribution in [-0.2, 0) is 9.47 Å². The Labute approximate surface area is 126 Å². The van der Waals surface area contributed by atoms with Gasteiger partial charge in [0.2, 0.25) is 0 Å². The highest BCUT2D eigenvalue weighted by Gasteiger charge is 2.03. The fraction of sp³-hybridized carbons (Fsp3) is 0.889. The van der Waals surface area contributed by atoms with E-state index < -0.39 is 0 Å². The summed E-state index contributed by atoms with van der Waals surface area (Å²) in [6, 6.07) is 0. The molecule has 0 saturated carbocycles. The van der Waals surface area contributed by atoms with Crippen LogP contribution >= 0.6 is 0 Å². The molecule has 2 nitrogen and oxygen atoms in total. The van der Waals surface area contributed by atoms with Gasteiger partial charge in [-0.2, -0.15) is 0 Å². The molecule has 0 aromatic carbocycles. The lowest BCUT2D eigenvalue weighted by molar-refractivity contribution is -0.107. The average Bonchev–Trinajstić information content (AvgIpc) is 2.48. The van der Waals surface area contributed by atoms with Crippen LogP contribution in [0.3, 0.4) is 0 Å². The van der Waals surface area contributed by atoms with Crippen molar-refractivity contribution in [2.24, 2.45) is 0 Å². The molecule has 0 radical (unpaired) electrons. The van der Waals surface area contributed by atoms with Crippen molar-refractivity contribution in [3.05, 3.63) is 0 Å². The molecule has 0 aliphatic carbocycles. The predicted molar refractivity (Wildman–Crippen MR) is 86.7 cm³/mol. The van der Waals surface area contributed by atoms with Crippen LogP contribution in [0.1, 0.15) is 84.0 Å². The van der Waals surface area contributed by atoms with Gasteiger partial charge in [-0.3, -0.25) is 0 Å². The van der Waals surface area contributed by atoms with Crippen LogP contribution < -0.4 is 0 Å². The van der Waals surface area contributed by atoms with Crippen molar-refractivity contribution in [2.45, 2.75) is 90.3 Å². The third-order valence-electron chi connectivity index (χ3n) is 3.55. The topological polar surface area (TPSA) is 18.5 Å². The van der Waals surface area contributed by atoms with Crippen LogP contribution in [-0.4, -0.2) is 20.5 Å². The summed E-state index contributed by atoms with van der Waals surface area (Å²) < 4.78 is 10.3. The molecule has 0 spiro atoms. The molecule has 20 heavy (non-hydrogen) atoms. The highest BCUT2D eigenvalue weighted by molar-refractivity contribution is 4.98. The van der Waals surface area contributed by atoms with E-state index in [4.69, 9.17) is 9.47 Å². The van der Waals surface area contributed by atoms with E-state index >= 15 is 0 Å². The van der Waals surface area contributed by atoms with Gasteiger partial charge in [0.05, 0.1) is 0 Å². The number of rotatable bonds is 13. The van der Waals surface area contributed by atoms with E-state index in [1.165, 1.54) is 57.8 Å². The summed E-state index contributed by atoms with van der Waals surface area (Å²) in [5.41, 5.74) is 0. The van der Waals surface area contributed by atoms with E-state index in [1.54, 1.807) is 14.2 Å². The number of methoxy groups -OCH3 is 2. The quantitative estimate of drug-likeness (QED) is 0.259. The van der Waals surface area contributed by atoms with Gasteiger partial charge in [-0.05, 0) is 25.7 Å². The Morgan fingerprint density at radius 3 is 1.75 bits per heavy atom. The molecule has 0 unspecified atom stereocenters. The molecule has 0 atom stereocenters. The van der Waals surface area contributed by atoms with E-state index in [0.717, 1.165) is 19.3 Å². The fourth-order valence-corrected chi connectivity index (χ4v) is 2.20. The normalized spacial score (nSPS) is 10.6. The SMILES string of the molecule is CCCCCCC#CCCCCCCCC(OC)OC. The minimum atomic E-state index is -0.0198. The Morgan fingerprint density at radius 2 is 1.20 bits per heavy atom. The lowest BCUT2D eigenvalue weighted by Gasteiger charge is -2.12. The van der Waals surface area contributed by atoms with Crippen molar-refractivity contribution >= 4 is 0 Å². The van der Waals surface area contributed by atoms with Gasteiger partial charge < -0.3 is 9.47 Å². The van der Waals surface area contributed by atoms with Gasteiger partial charge in [0.15, 0.2) is 6.29 Å². The minimum Gasteiger partial charge on any atom is -0.356 e. The molecule has 0 bridgehead atoms. The van der Waals surface area contributed by atoms with Crippen molar-refractivity contribution in [2.75, 3.05) is 14.2 Å². The molecule has 0 aliphatic rings. The van der Waals surface area contributed by atoms with Gasteiger partial charge in [0, 0.05) is 27.1 Å². The minimum absolute atomic E-state index is 0.0198. The summed E-state index contributed by atoms with van der Waals surface area (Å²) in [6.45, 7) is 2.25. The monoisotopic (exact) mass is 282 g/mol. The maximum atomic E-state index is 5.17. The summed E-state index contributed by atoms with van der Waals surface area (Å²) in [5.74, 6) is 6.59. The van der Waals surface area contributed by atoms with E-state index in [2.05, 4.69) is 18.8 Å². The van der Waals surface area contributed by atoms with Gasteiger partial charge in [-0.1, -0.05) is 45.4 Å². The Kier molecular flexibility index (Phi) is 16.1. The Balaban J connectivity index is 3.18. The first-order valence-electron chi connectivity index (χ1n) is 8.36. The zero-order chi connectivity index (χ0) is 14.9. The smallest absolute Gasteiger partial charge is 0.156 e. The predicted octanol–water partition coefficient (Wildman–Crippen LogP) is 5.31. The van der Waals surface area contributed by atoms with Crippen LogP contribution in [0.25, 0.3) is 0 Å². The van der Waals surface area contributed by atoms with Crippen molar-refractivity contribution in [1.29, 1.82) is 0 Å². The molecule has 0 rings (SSSR count). The van der Waals surface area contributed by atoms with Crippen molar-refractivity contribution in [3.8, 4) is 11.8 Å². The molecule has 0 aromatic rings. The molecule has 0 heterocycles. The first-order valence-corrected chi connectivity index (χ1v) is 8.36. The zero-order valence-electron chi connectivity index (χ0n) is 13.9. The molecule has 0 saturated heterocycles. The average molecular weight is 282 g/mol. The van der Waals surface area contributed by atoms with E-state index in [-0.39, 0.29) is 6.29 Å². The molecule has 0 aliphatic heterocycles. The Bertz CT molecular complexity index is 236. The summed E-state index contributed by atoms with van der Waals surface area (Å²) in [6.07, 6.45) is 14.8. The molecule has 0 N–H and O–H groups in total. The first-order chi connectivity index (χ1) is 9.85. The van der Waals surface area contributed by atoms with Gasteiger partial charge in [0.25, 0.3) is 0 Å². The summed E-state index contributed by atoms with van der Waals surface area (Å²) in [5, 5.41) is 0. The number of hydrogen-bond acceptors (Lipinski definition) is 2. The van der Waals surface area contributed by atoms with Crippen molar-refractivity contribution < 1.29 is 9.47 Å². The van der Waals surface area contributed by atoms with Crippen LogP contribution in [0, 0.1) is 11.8 Å². The van der Waals surface area contributed by atoms with Gasteiger partial charge in [-0.25, -0.2) is 0 Å². The number of ether oxygens (including phenoxy) is 2. The van der Waals surface area contributed by atoms with E-state index in [0.29, 0.717) is 0 Å². The second kappa shape index (κ2) is 16.5. The third-order valence-corrected chi connectivity index (χ3v) is 3.55. The summed E-state index contributed by atoms with van der Waals surface area (Å²) in [7, 11) is 3.41. The lowest BCUT2D eigenvalue weighted by atomic mass is 10.1. The Morgan fingerprint density at radius 1 is 0.700 bits per heavy atom. The lowest BCUT2D eigenvalue weighted by Crippen LogP contribution is -2.12. The molecule has 2 heteroatoms. The molecular weight excluding hydrogens is 248 g/mol. The fourth-order valence-electron chi connectivity index (χ4n) is 2.20. The van der Waals surface area contributed by atoms with Gasteiger partial charge >= 0.3 is 0 Å². The van der Waals surface area contributed by atoms with Crippen LogP contribution in [0.5, 0.6) is 0 Å². The Hall–Kier alpha value is -0.520. The molecule has 0 fully saturated rings. The van der Waals surface area contributed by atoms with E-state index in [9.17, 15) is 0 Å². The first kappa shape index (κ1) is 19.5. The second-order valence-electron chi connectivity index (χ2n) is 5.37. The van der Waals surface area contributed by atoms with Crippen LogP contribution in [0.2, 0.25) is 0 Å². The summed E-state index contributed by atoms with van der Waals surface area (Å²) in [4.78, 5) is 0. The highest BCUT2D eigenvalue weighted by Crippen LogP contribution is 2.10. The molecular formula is C18H34O2. The molecule has 0 aromatic heterocycles. The van der Waals surface area contributed by atoms with Crippen LogP contribution in [0.4, 0.5) is 0 Å². The van der Waals surface area contributed by atoms with E-state index in [1.807, 2.05) is 0 Å². The van der Waals surface area contributed by atoms with Crippen LogP contribution in [0.15, 0.2) is 0 Å². The van der Waals surface area contributed by atoms with Gasteiger partial charge in [-0.15, -0.1) is 11.8 Å². The number of unbranched alkanes of at least 4 members (excludes halogenated alkanes) is 9. The van der Waals surface area contributed by atoms with Crippen molar-refractivity contribution in [1.82, 2.24) is 0 Å². The second-order valence-corrected chi connectivity index (χ2v) is 5.37. The zero-order valence-corrected chi connectivity index (χ0v) is 13.9. The maximum Gasteiger partial charge on any atom is 0.156 e. The number of hydrogen-bond donors (Lipinski definition) is 0. The highest BCUT2D eigenvalue weighted by atomic mass is 16.7. The largest absolute Gasteiger partial charge is 0.356 e. The molecule has 118 valence electrons. The molecule has 0 amide bonds. The van der Waals surface area contributed by atoms with Gasteiger partial charge in [0.1, 0.15) is 0 Å². The third kappa shape index (κ3) is 13.9. The maximum absolute atomic E-state index is 5.17. The standard InChI is InChI=1S/C18H34O2/c1-4-5-6-7-8-9-10-11-12-13-14-15-16-17-18(19-2)20-3/h18H,4-8,11-17H2,1-3H3. The summed E-state index contributed by atoms with van der Waals surface area (Å²) >= 11 is 0. The van der Waals surface area contributed by atoms with Crippen molar-refractivity contribution in [3.63, 3.8) is 0 Å².